The van der Waals surface area contributed by atoms with Crippen LogP contribution < -0.4 is 10.6 Å². The summed E-state index contributed by atoms with van der Waals surface area (Å²) in [5.41, 5.74) is 2.31. The lowest BCUT2D eigenvalue weighted by Gasteiger charge is -2.08. The molecule has 1 aromatic carbocycles. The van der Waals surface area contributed by atoms with E-state index in [-0.39, 0.29) is 36.1 Å². The van der Waals surface area contributed by atoms with Crippen molar-refractivity contribution in [2.24, 2.45) is 0 Å². The number of amides is 2. The van der Waals surface area contributed by atoms with Crippen LogP contribution in [0.2, 0.25) is 0 Å². The molecule has 0 fully saturated rings. The summed E-state index contributed by atoms with van der Waals surface area (Å²) in [6.07, 6.45) is 0. The highest BCUT2D eigenvalue weighted by molar-refractivity contribution is 6.02. The van der Waals surface area contributed by atoms with Crippen molar-refractivity contribution in [1.82, 2.24) is 15.6 Å². The van der Waals surface area contributed by atoms with E-state index in [1.165, 1.54) is 19.1 Å². The maximum absolute atomic E-state index is 12.2. The number of aromatic amines is 1. The normalized spacial score (nSPS) is 10.4. The predicted molar refractivity (Wildman–Crippen MR) is 93.0 cm³/mol. The molecule has 2 aromatic rings. The van der Waals surface area contributed by atoms with Crippen molar-refractivity contribution < 1.29 is 19.5 Å². The van der Waals surface area contributed by atoms with Gasteiger partial charge in [0.2, 0.25) is 0 Å². The van der Waals surface area contributed by atoms with Gasteiger partial charge in [0.05, 0.1) is 5.56 Å². The van der Waals surface area contributed by atoms with Gasteiger partial charge in [0.1, 0.15) is 11.4 Å². The fourth-order valence-electron chi connectivity index (χ4n) is 2.71. The van der Waals surface area contributed by atoms with Gasteiger partial charge < -0.3 is 20.7 Å². The third-order valence-corrected chi connectivity index (χ3v) is 3.86. The lowest BCUT2D eigenvalue weighted by molar-refractivity contribution is 0.0923. The number of carbonyl (C=O) groups excluding carboxylic acids is 3. The smallest absolute Gasteiger partial charge is 0.268 e. The number of para-hydroxylation sites is 1. The average molecular weight is 343 g/mol. The molecule has 0 aliphatic rings. The summed E-state index contributed by atoms with van der Waals surface area (Å²) >= 11 is 0. The Morgan fingerprint density at radius 2 is 1.64 bits per heavy atom. The molecular weight excluding hydrogens is 322 g/mol. The molecule has 0 aliphatic heterocycles. The lowest BCUT2D eigenvalue weighted by atomic mass is 10.1. The fourth-order valence-corrected chi connectivity index (χ4v) is 2.71. The van der Waals surface area contributed by atoms with E-state index < -0.39 is 5.91 Å². The number of aromatic hydroxyl groups is 1. The highest BCUT2D eigenvalue weighted by Gasteiger charge is 2.19. The number of hydrogen-bond donors (Lipinski definition) is 4. The van der Waals surface area contributed by atoms with Crippen LogP contribution in [-0.4, -0.2) is 40.8 Å². The van der Waals surface area contributed by atoms with Crippen LogP contribution in [0.4, 0.5) is 0 Å². The van der Waals surface area contributed by atoms with Crippen LogP contribution in [-0.2, 0) is 0 Å². The Labute approximate surface area is 145 Å². The van der Waals surface area contributed by atoms with Gasteiger partial charge in [0.15, 0.2) is 5.78 Å². The number of hydrogen-bond acceptors (Lipinski definition) is 4. The molecule has 7 nitrogen and oxygen atoms in total. The van der Waals surface area contributed by atoms with Gasteiger partial charge in [0.25, 0.3) is 11.8 Å². The summed E-state index contributed by atoms with van der Waals surface area (Å²) in [6.45, 7) is 5.34. The average Bonchev–Trinajstić information content (AvgIpc) is 2.86. The largest absolute Gasteiger partial charge is 0.507 e. The Hall–Kier alpha value is -3.09. The first-order valence-corrected chi connectivity index (χ1v) is 7.87. The van der Waals surface area contributed by atoms with Crippen molar-refractivity contribution in [1.29, 1.82) is 0 Å². The summed E-state index contributed by atoms with van der Waals surface area (Å²) in [4.78, 5) is 38.7. The Balaban J connectivity index is 1.89. The Kier molecular flexibility index (Phi) is 5.59. The van der Waals surface area contributed by atoms with Crippen LogP contribution in [0.25, 0.3) is 0 Å². The molecule has 2 amide bonds. The number of rotatable bonds is 6. The Morgan fingerprint density at radius 1 is 1.04 bits per heavy atom. The molecule has 0 saturated carbocycles. The van der Waals surface area contributed by atoms with Gasteiger partial charge in [0, 0.05) is 24.3 Å². The van der Waals surface area contributed by atoms with E-state index in [0.29, 0.717) is 22.5 Å². The van der Waals surface area contributed by atoms with Crippen LogP contribution in [0, 0.1) is 13.8 Å². The van der Waals surface area contributed by atoms with Crippen LogP contribution in [0.15, 0.2) is 24.3 Å². The molecular formula is C18H21N3O4. The minimum atomic E-state index is -0.418. The topological polar surface area (TPSA) is 111 Å². The monoisotopic (exact) mass is 343 g/mol. The molecule has 7 heteroatoms. The van der Waals surface area contributed by atoms with Gasteiger partial charge in [-0.2, -0.15) is 0 Å². The number of benzene rings is 1. The molecule has 1 aromatic heterocycles. The van der Waals surface area contributed by atoms with E-state index >= 15 is 0 Å². The molecule has 132 valence electrons. The second kappa shape index (κ2) is 7.65. The first-order valence-electron chi connectivity index (χ1n) is 7.87. The van der Waals surface area contributed by atoms with Gasteiger partial charge in [-0.05, 0) is 38.5 Å². The SMILES string of the molecule is CC(=O)c1c(C)[nH]c(C(=O)NCCNC(=O)c2ccccc2O)c1C. The van der Waals surface area contributed by atoms with Crippen LogP contribution in [0.1, 0.15) is 49.4 Å². The fraction of sp³-hybridized carbons (Fsp3) is 0.278. The number of phenolic OH excluding ortho intramolecular Hbond substituents is 1. The molecule has 2 rings (SSSR count). The van der Waals surface area contributed by atoms with Gasteiger partial charge >= 0.3 is 0 Å². The summed E-state index contributed by atoms with van der Waals surface area (Å²) < 4.78 is 0. The van der Waals surface area contributed by atoms with Gasteiger partial charge in [-0.3, -0.25) is 14.4 Å². The van der Waals surface area contributed by atoms with Crippen molar-refractivity contribution >= 4 is 17.6 Å². The highest BCUT2D eigenvalue weighted by atomic mass is 16.3. The van der Waals surface area contributed by atoms with E-state index in [1.807, 2.05) is 0 Å². The molecule has 4 N–H and O–H groups in total. The molecule has 0 radical (unpaired) electrons. The zero-order valence-electron chi connectivity index (χ0n) is 14.4. The van der Waals surface area contributed by atoms with Crippen LogP contribution in [0.3, 0.4) is 0 Å². The summed E-state index contributed by atoms with van der Waals surface area (Å²) in [7, 11) is 0. The second-order valence-corrected chi connectivity index (χ2v) is 5.71. The number of aryl methyl sites for hydroxylation is 1. The highest BCUT2D eigenvalue weighted by Crippen LogP contribution is 2.18. The van der Waals surface area contributed by atoms with E-state index in [2.05, 4.69) is 15.6 Å². The van der Waals surface area contributed by atoms with Crippen molar-refractivity contribution in [2.75, 3.05) is 13.1 Å². The zero-order valence-corrected chi connectivity index (χ0v) is 14.4. The molecule has 0 saturated heterocycles. The third-order valence-electron chi connectivity index (χ3n) is 3.86. The van der Waals surface area contributed by atoms with E-state index in [9.17, 15) is 19.5 Å². The van der Waals surface area contributed by atoms with E-state index in [0.717, 1.165) is 0 Å². The van der Waals surface area contributed by atoms with E-state index in [1.54, 1.807) is 26.0 Å². The van der Waals surface area contributed by atoms with Crippen molar-refractivity contribution in [3.63, 3.8) is 0 Å². The number of carbonyl (C=O) groups is 3. The standard InChI is InChI=1S/C18H21N3O4/c1-10-15(12(3)22)11(2)21-16(10)18(25)20-9-8-19-17(24)13-6-4-5-7-14(13)23/h4-7,21,23H,8-9H2,1-3H3,(H,19,24)(H,20,25). The van der Waals surface area contributed by atoms with Crippen molar-refractivity contribution in [2.45, 2.75) is 20.8 Å². The summed E-state index contributed by atoms with van der Waals surface area (Å²) in [5, 5.41) is 14.9. The minimum absolute atomic E-state index is 0.0970. The van der Waals surface area contributed by atoms with Gasteiger partial charge in [-0.25, -0.2) is 0 Å². The number of nitrogens with one attached hydrogen (secondary N) is 3. The predicted octanol–water partition coefficient (Wildman–Crippen LogP) is 1.70. The molecule has 0 atom stereocenters. The number of phenols is 1. The Bertz CT molecular complexity index is 824. The van der Waals surface area contributed by atoms with Gasteiger partial charge in [-0.1, -0.05) is 12.1 Å². The molecule has 0 unspecified atom stereocenters. The molecule has 0 spiro atoms. The quantitative estimate of drug-likeness (QED) is 0.472. The first-order chi connectivity index (χ1) is 11.8. The molecule has 25 heavy (non-hydrogen) atoms. The maximum atomic E-state index is 12.2. The number of Topliss-reactive ketones (excluding diaryl/α,β-unsaturated/α-hetero) is 1. The zero-order chi connectivity index (χ0) is 18.6. The van der Waals surface area contributed by atoms with Crippen molar-refractivity contribution in [3.05, 3.63) is 52.3 Å². The minimum Gasteiger partial charge on any atom is -0.507 e. The number of aromatic nitrogens is 1. The van der Waals surface area contributed by atoms with Crippen LogP contribution >= 0.6 is 0 Å². The second-order valence-electron chi connectivity index (χ2n) is 5.71. The van der Waals surface area contributed by atoms with Gasteiger partial charge in [-0.15, -0.1) is 0 Å². The summed E-state index contributed by atoms with van der Waals surface area (Å²) in [6, 6.07) is 6.22. The van der Waals surface area contributed by atoms with Crippen molar-refractivity contribution in [3.8, 4) is 5.75 Å². The maximum Gasteiger partial charge on any atom is 0.268 e. The molecule has 0 bridgehead atoms. The lowest BCUT2D eigenvalue weighted by Crippen LogP contribution is -2.35. The number of ketones is 1. The number of H-pyrrole nitrogens is 1. The molecule has 1 heterocycles. The Morgan fingerprint density at radius 3 is 2.20 bits per heavy atom. The van der Waals surface area contributed by atoms with E-state index in [4.69, 9.17) is 0 Å². The summed E-state index contributed by atoms with van der Waals surface area (Å²) in [5.74, 6) is -0.957. The van der Waals surface area contributed by atoms with Crippen LogP contribution in [0.5, 0.6) is 5.75 Å². The molecule has 0 aliphatic carbocycles. The first kappa shape index (κ1) is 18.3. The third kappa shape index (κ3) is 4.06.